The molecule has 0 saturated heterocycles. The molecule has 3 heterocycles. The van der Waals surface area contributed by atoms with Gasteiger partial charge in [0.2, 0.25) is 0 Å². The van der Waals surface area contributed by atoms with Gasteiger partial charge in [-0.15, -0.1) is 0 Å². The van der Waals surface area contributed by atoms with Crippen LogP contribution in [0.2, 0.25) is 0 Å². The number of fused-ring (bicyclic) bond motifs is 2. The average Bonchev–Trinajstić information content (AvgIpc) is 3.03. The van der Waals surface area contributed by atoms with Crippen LogP contribution in [-0.4, -0.2) is 38.4 Å². The van der Waals surface area contributed by atoms with Gasteiger partial charge in [-0.05, 0) is 37.2 Å². The summed E-state index contributed by atoms with van der Waals surface area (Å²) in [7, 11) is 0. The lowest BCUT2D eigenvalue weighted by molar-refractivity contribution is -0.604. The predicted molar refractivity (Wildman–Crippen MR) is 89.6 cm³/mol. The average molecular weight is 359 g/mol. The summed E-state index contributed by atoms with van der Waals surface area (Å²) in [6.07, 6.45) is 1.94. The lowest BCUT2D eigenvalue weighted by atomic mass is 9.86. The molecule has 3 aromatic rings. The molecule has 0 amide bonds. The van der Waals surface area contributed by atoms with Crippen molar-refractivity contribution in [3.05, 3.63) is 41.1 Å². The second-order valence-electron chi connectivity index (χ2n) is 6.70. The van der Waals surface area contributed by atoms with Gasteiger partial charge in [-0.1, -0.05) is 4.68 Å². The van der Waals surface area contributed by atoms with Crippen LogP contribution in [0.15, 0.2) is 35.2 Å². The van der Waals surface area contributed by atoms with E-state index in [1.807, 2.05) is 6.92 Å². The number of aromatic nitrogens is 4. The van der Waals surface area contributed by atoms with Gasteiger partial charge in [-0.2, -0.15) is 0 Å². The lowest BCUT2D eigenvalue weighted by Crippen LogP contribution is -2.53. The Morgan fingerprint density at radius 2 is 2.08 bits per heavy atom. The number of benzene rings is 1. The molecular formula is C17H19N4O5+. The first-order chi connectivity index (χ1) is 12.4. The third kappa shape index (κ3) is 2.51. The first kappa shape index (κ1) is 16.5. The zero-order valence-corrected chi connectivity index (χ0v) is 14.6. The second kappa shape index (κ2) is 5.80. The number of aliphatic hydroxyl groups is 1. The summed E-state index contributed by atoms with van der Waals surface area (Å²) in [5, 5.41) is 18.6. The second-order valence-corrected chi connectivity index (χ2v) is 6.70. The zero-order valence-electron chi connectivity index (χ0n) is 14.6. The highest BCUT2D eigenvalue weighted by Gasteiger charge is 2.46. The van der Waals surface area contributed by atoms with Crippen LogP contribution in [0.25, 0.3) is 11.0 Å². The molecule has 1 aromatic carbocycles. The van der Waals surface area contributed by atoms with Crippen LogP contribution < -0.4 is 14.0 Å². The Labute approximate surface area is 148 Å². The molecule has 0 saturated carbocycles. The van der Waals surface area contributed by atoms with Crippen LogP contribution in [0.3, 0.4) is 0 Å². The fourth-order valence-corrected chi connectivity index (χ4v) is 3.23. The molecular weight excluding hydrogens is 340 g/mol. The first-order valence-electron chi connectivity index (χ1n) is 8.31. The minimum Gasteiger partial charge on any atom is -0.487 e. The van der Waals surface area contributed by atoms with Gasteiger partial charge in [0.05, 0.1) is 17.7 Å². The van der Waals surface area contributed by atoms with Crippen LogP contribution in [0.5, 0.6) is 11.5 Å². The molecule has 1 aliphatic rings. The van der Waals surface area contributed by atoms with Crippen molar-refractivity contribution < 1.29 is 23.8 Å². The first-order valence-corrected chi connectivity index (χ1v) is 8.31. The topological polar surface area (TPSA) is 106 Å². The maximum absolute atomic E-state index is 12.6. The van der Waals surface area contributed by atoms with Gasteiger partial charge in [0.1, 0.15) is 28.5 Å². The molecule has 0 bridgehead atoms. The normalized spacial score (nSPS) is 21.2. The summed E-state index contributed by atoms with van der Waals surface area (Å²) in [6, 6.07) is 4.42. The largest absolute Gasteiger partial charge is 0.487 e. The highest BCUT2D eigenvalue weighted by Crippen LogP contribution is 2.42. The van der Waals surface area contributed by atoms with Gasteiger partial charge >= 0.3 is 0 Å². The van der Waals surface area contributed by atoms with Crippen molar-refractivity contribution in [1.29, 1.82) is 0 Å². The molecule has 9 nitrogen and oxygen atoms in total. The number of hydrogen-bond acceptors (Lipinski definition) is 7. The molecule has 26 heavy (non-hydrogen) atoms. The van der Waals surface area contributed by atoms with Crippen molar-refractivity contribution in [1.82, 2.24) is 15.0 Å². The Morgan fingerprint density at radius 3 is 2.77 bits per heavy atom. The van der Waals surface area contributed by atoms with Crippen molar-refractivity contribution >= 4 is 11.0 Å². The monoisotopic (exact) mass is 359 g/mol. The summed E-state index contributed by atoms with van der Waals surface area (Å²) in [4.78, 5) is 12.6. The van der Waals surface area contributed by atoms with Gasteiger partial charge in [-0.3, -0.25) is 0 Å². The molecule has 136 valence electrons. The van der Waals surface area contributed by atoms with E-state index in [2.05, 4.69) is 10.3 Å². The summed E-state index contributed by atoms with van der Waals surface area (Å²) in [6.45, 7) is 5.83. The Bertz CT molecular complexity index is 1030. The smallest absolute Gasteiger partial charge is 0.299 e. The Hall–Kier alpha value is -2.94. The van der Waals surface area contributed by atoms with Crippen LogP contribution in [0.4, 0.5) is 0 Å². The number of rotatable bonds is 3. The molecule has 2 aromatic heterocycles. The highest BCUT2D eigenvalue weighted by molar-refractivity contribution is 5.77. The molecule has 1 N–H and O–H groups in total. The summed E-state index contributed by atoms with van der Waals surface area (Å²) in [5.74, 6) is 0.978. The van der Waals surface area contributed by atoms with Crippen LogP contribution in [-0.2, 0) is 0 Å². The number of aliphatic hydroxyl groups excluding tert-OH is 1. The van der Waals surface area contributed by atoms with Crippen molar-refractivity contribution in [3.8, 4) is 11.5 Å². The van der Waals surface area contributed by atoms with E-state index in [1.54, 1.807) is 38.2 Å². The molecule has 0 fully saturated rings. The van der Waals surface area contributed by atoms with E-state index in [9.17, 15) is 10.0 Å². The van der Waals surface area contributed by atoms with Gasteiger partial charge in [-0.25, -0.2) is 4.63 Å². The molecule has 4 rings (SSSR count). The quantitative estimate of drug-likeness (QED) is 0.706. The summed E-state index contributed by atoms with van der Waals surface area (Å²) < 4.78 is 18.1. The highest BCUT2D eigenvalue weighted by atomic mass is 16.6. The van der Waals surface area contributed by atoms with E-state index in [1.165, 1.54) is 10.9 Å². The van der Waals surface area contributed by atoms with Gasteiger partial charge in [0.25, 0.3) is 6.20 Å². The van der Waals surface area contributed by atoms with Gasteiger partial charge < -0.3 is 14.6 Å². The number of ether oxygens (including phenoxy) is 2. The van der Waals surface area contributed by atoms with Crippen LogP contribution in [0, 0.1) is 4.91 Å². The van der Waals surface area contributed by atoms with Crippen LogP contribution in [0.1, 0.15) is 32.4 Å². The fourth-order valence-electron chi connectivity index (χ4n) is 3.23. The standard InChI is InChI=1S/C17H19N4O5/c1-4-24-10-5-6-20(21(23)9-10)15-11-7-12-13(19-26-18-12)8-14(11)25-17(2,3)16(15)22/h5-9,15-16,22H,4H2,1-3H3/q+1. The molecule has 9 heteroatoms. The Morgan fingerprint density at radius 1 is 1.35 bits per heavy atom. The maximum atomic E-state index is 12.6. The SMILES string of the molecule is CCOc1ccn(C2c3cc4nonc4cc3OC(C)(C)C2O)[n+](=O)c1. The molecule has 0 aliphatic carbocycles. The number of hydrogen-bond donors (Lipinski definition) is 1. The van der Waals surface area contributed by atoms with E-state index < -0.39 is 17.7 Å². The fraction of sp³-hybridized carbons (Fsp3) is 0.412. The predicted octanol–water partition coefficient (Wildman–Crippen LogP) is 1.46. The minimum atomic E-state index is -0.976. The maximum Gasteiger partial charge on any atom is 0.299 e. The van der Waals surface area contributed by atoms with E-state index >= 15 is 0 Å². The van der Waals surface area contributed by atoms with E-state index in [-0.39, 0.29) is 0 Å². The third-order valence-corrected chi connectivity index (χ3v) is 4.54. The minimum absolute atomic E-state index is 0.455. The summed E-state index contributed by atoms with van der Waals surface area (Å²) in [5.41, 5.74) is 0.773. The zero-order chi connectivity index (χ0) is 18.5. The number of nitrogens with zero attached hydrogens (tertiary/aromatic N) is 4. The van der Waals surface area contributed by atoms with Crippen molar-refractivity contribution in [2.45, 2.75) is 38.5 Å². The molecule has 0 spiro atoms. The molecule has 2 atom stereocenters. The third-order valence-electron chi connectivity index (χ3n) is 4.54. The van der Waals surface area contributed by atoms with Gasteiger partial charge in [0, 0.05) is 17.7 Å². The van der Waals surface area contributed by atoms with E-state index in [4.69, 9.17) is 14.1 Å². The van der Waals surface area contributed by atoms with Gasteiger partial charge in [0.15, 0.2) is 16.3 Å². The Kier molecular flexibility index (Phi) is 3.69. The van der Waals surface area contributed by atoms with Crippen molar-refractivity contribution in [2.24, 2.45) is 0 Å². The van der Waals surface area contributed by atoms with Crippen LogP contribution >= 0.6 is 0 Å². The lowest BCUT2D eigenvalue weighted by Gasteiger charge is -2.40. The van der Waals surface area contributed by atoms with E-state index in [0.29, 0.717) is 39.2 Å². The van der Waals surface area contributed by atoms with Crippen molar-refractivity contribution in [3.63, 3.8) is 0 Å². The molecule has 1 aliphatic heterocycles. The molecule has 2 unspecified atom stereocenters. The molecule has 0 radical (unpaired) electrons. The summed E-state index contributed by atoms with van der Waals surface area (Å²) >= 11 is 0. The van der Waals surface area contributed by atoms with E-state index in [0.717, 1.165) is 0 Å². The van der Waals surface area contributed by atoms with Crippen molar-refractivity contribution in [2.75, 3.05) is 6.61 Å². The Balaban J connectivity index is 1.91.